The standard InChI is InChI=1S/C16H27FN2S/c1-12(2)9-18-10-14-8-15(17)6-7-16(14)19(4)13(3)11-20-5/h6-8,12-13,18H,9-11H2,1-5H3. The third-order valence-corrected chi connectivity index (χ3v) is 4.17. The van der Waals surface area contributed by atoms with E-state index < -0.39 is 0 Å². The minimum absolute atomic E-state index is 0.166. The molecule has 0 heterocycles. The maximum absolute atomic E-state index is 13.5. The van der Waals surface area contributed by atoms with Crippen LogP contribution in [0, 0.1) is 11.7 Å². The average Bonchev–Trinajstić information content (AvgIpc) is 2.38. The molecule has 1 N–H and O–H groups in total. The van der Waals surface area contributed by atoms with Gasteiger partial charge in [-0.15, -0.1) is 0 Å². The van der Waals surface area contributed by atoms with Crippen LogP contribution in [-0.4, -0.2) is 31.6 Å². The molecule has 0 aromatic heterocycles. The number of anilines is 1. The van der Waals surface area contributed by atoms with Gasteiger partial charge in [0.1, 0.15) is 5.82 Å². The summed E-state index contributed by atoms with van der Waals surface area (Å²) in [7, 11) is 2.08. The molecule has 0 aliphatic rings. The number of hydrogen-bond donors (Lipinski definition) is 1. The monoisotopic (exact) mass is 298 g/mol. The van der Waals surface area contributed by atoms with Crippen molar-refractivity contribution in [1.82, 2.24) is 5.32 Å². The Morgan fingerprint density at radius 2 is 2.00 bits per heavy atom. The molecule has 20 heavy (non-hydrogen) atoms. The largest absolute Gasteiger partial charge is 0.371 e. The second-order valence-corrected chi connectivity index (χ2v) is 6.62. The highest BCUT2D eigenvalue weighted by Gasteiger charge is 2.14. The van der Waals surface area contributed by atoms with Gasteiger partial charge in [-0.3, -0.25) is 0 Å². The van der Waals surface area contributed by atoms with Crippen LogP contribution in [-0.2, 0) is 6.54 Å². The summed E-state index contributed by atoms with van der Waals surface area (Å²) in [4.78, 5) is 2.24. The van der Waals surface area contributed by atoms with Gasteiger partial charge in [0, 0.05) is 31.1 Å². The van der Waals surface area contributed by atoms with Crippen molar-refractivity contribution in [1.29, 1.82) is 0 Å². The highest BCUT2D eigenvalue weighted by molar-refractivity contribution is 7.98. The van der Waals surface area contributed by atoms with Gasteiger partial charge in [0.15, 0.2) is 0 Å². The summed E-state index contributed by atoms with van der Waals surface area (Å²) in [5.74, 6) is 1.49. The maximum atomic E-state index is 13.5. The van der Waals surface area contributed by atoms with Gasteiger partial charge in [0.05, 0.1) is 0 Å². The normalized spacial score (nSPS) is 12.8. The molecule has 1 atom stereocenters. The van der Waals surface area contributed by atoms with Crippen LogP contribution in [0.2, 0.25) is 0 Å². The molecule has 0 bridgehead atoms. The van der Waals surface area contributed by atoms with Crippen LogP contribution in [0.15, 0.2) is 18.2 Å². The Bertz CT molecular complexity index is 409. The molecule has 114 valence electrons. The number of nitrogens with one attached hydrogen (secondary N) is 1. The molecule has 1 rings (SSSR count). The number of benzene rings is 1. The van der Waals surface area contributed by atoms with Gasteiger partial charge in [0.2, 0.25) is 0 Å². The van der Waals surface area contributed by atoms with Crippen LogP contribution < -0.4 is 10.2 Å². The first-order valence-electron chi connectivity index (χ1n) is 7.16. The van der Waals surface area contributed by atoms with Crippen LogP contribution in [0.25, 0.3) is 0 Å². The number of thioether (sulfide) groups is 1. The fourth-order valence-electron chi connectivity index (χ4n) is 2.13. The second-order valence-electron chi connectivity index (χ2n) is 5.71. The fourth-order valence-corrected chi connectivity index (χ4v) is 2.83. The van der Waals surface area contributed by atoms with E-state index in [1.165, 1.54) is 0 Å². The van der Waals surface area contributed by atoms with Gasteiger partial charge >= 0.3 is 0 Å². The smallest absolute Gasteiger partial charge is 0.123 e. The molecule has 0 amide bonds. The molecular weight excluding hydrogens is 271 g/mol. The van der Waals surface area contributed by atoms with Gasteiger partial charge in [-0.05, 0) is 49.4 Å². The Morgan fingerprint density at radius 1 is 1.30 bits per heavy atom. The van der Waals surface area contributed by atoms with Gasteiger partial charge in [-0.1, -0.05) is 13.8 Å². The number of halogens is 1. The predicted octanol–water partition coefficient (Wildman–Crippen LogP) is 3.76. The lowest BCUT2D eigenvalue weighted by Crippen LogP contribution is -2.32. The van der Waals surface area contributed by atoms with Crippen molar-refractivity contribution in [2.75, 3.05) is 30.5 Å². The minimum Gasteiger partial charge on any atom is -0.371 e. The number of nitrogens with zero attached hydrogens (tertiary/aromatic N) is 1. The lowest BCUT2D eigenvalue weighted by molar-refractivity contribution is 0.549. The highest BCUT2D eigenvalue weighted by atomic mass is 32.2. The molecular formula is C16H27FN2S. The van der Waals surface area contributed by atoms with E-state index in [2.05, 4.69) is 44.3 Å². The van der Waals surface area contributed by atoms with Crippen LogP contribution in [0.5, 0.6) is 0 Å². The van der Waals surface area contributed by atoms with Crippen molar-refractivity contribution in [3.63, 3.8) is 0 Å². The van der Waals surface area contributed by atoms with Crippen molar-refractivity contribution >= 4 is 17.4 Å². The molecule has 0 radical (unpaired) electrons. The molecule has 0 aliphatic heterocycles. The molecule has 1 aromatic carbocycles. The first kappa shape index (κ1) is 17.3. The molecule has 0 saturated heterocycles. The Kier molecular flexibility index (Phi) is 7.38. The van der Waals surface area contributed by atoms with Crippen molar-refractivity contribution in [2.45, 2.75) is 33.4 Å². The van der Waals surface area contributed by atoms with Gasteiger partial charge < -0.3 is 10.2 Å². The lowest BCUT2D eigenvalue weighted by Gasteiger charge is -2.29. The molecule has 2 nitrogen and oxygen atoms in total. The zero-order chi connectivity index (χ0) is 15.1. The third kappa shape index (κ3) is 5.33. The Labute approximate surface area is 127 Å². The summed E-state index contributed by atoms with van der Waals surface area (Å²) < 4.78 is 13.5. The summed E-state index contributed by atoms with van der Waals surface area (Å²) in [6.45, 7) is 8.20. The van der Waals surface area contributed by atoms with E-state index in [-0.39, 0.29) is 5.82 Å². The van der Waals surface area contributed by atoms with E-state index in [0.717, 1.165) is 23.5 Å². The number of hydrogen-bond acceptors (Lipinski definition) is 3. The van der Waals surface area contributed by atoms with E-state index in [0.29, 0.717) is 18.5 Å². The number of rotatable bonds is 8. The summed E-state index contributed by atoms with van der Waals surface area (Å²) in [5.41, 5.74) is 2.14. The SMILES string of the molecule is CSCC(C)N(C)c1ccc(F)cc1CNCC(C)C. The predicted molar refractivity (Wildman–Crippen MR) is 89.2 cm³/mol. The first-order chi connectivity index (χ1) is 9.45. The van der Waals surface area contributed by atoms with Gasteiger partial charge in [-0.2, -0.15) is 11.8 Å². The first-order valence-corrected chi connectivity index (χ1v) is 8.56. The Hall–Kier alpha value is -0.740. The van der Waals surface area contributed by atoms with Crippen molar-refractivity contribution < 1.29 is 4.39 Å². The van der Waals surface area contributed by atoms with Gasteiger partial charge in [0.25, 0.3) is 0 Å². The van der Waals surface area contributed by atoms with E-state index in [1.54, 1.807) is 12.1 Å². The molecule has 0 fully saturated rings. The third-order valence-electron chi connectivity index (χ3n) is 3.36. The average molecular weight is 298 g/mol. The summed E-state index contributed by atoms with van der Waals surface area (Å²) in [5, 5.41) is 3.40. The van der Waals surface area contributed by atoms with E-state index >= 15 is 0 Å². The molecule has 0 aliphatic carbocycles. The summed E-state index contributed by atoms with van der Waals surface area (Å²) in [6.07, 6.45) is 2.11. The van der Waals surface area contributed by atoms with E-state index in [4.69, 9.17) is 0 Å². The lowest BCUT2D eigenvalue weighted by atomic mass is 10.1. The Balaban J connectivity index is 2.83. The molecule has 4 heteroatoms. The molecule has 1 aromatic rings. The highest BCUT2D eigenvalue weighted by Crippen LogP contribution is 2.23. The van der Waals surface area contributed by atoms with Crippen molar-refractivity contribution in [2.24, 2.45) is 5.92 Å². The molecule has 0 saturated carbocycles. The van der Waals surface area contributed by atoms with Crippen molar-refractivity contribution in [3.05, 3.63) is 29.6 Å². The second kappa shape index (κ2) is 8.53. The summed E-state index contributed by atoms with van der Waals surface area (Å²) in [6, 6.07) is 5.51. The van der Waals surface area contributed by atoms with Crippen LogP contribution in [0.1, 0.15) is 26.3 Å². The fraction of sp³-hybridized carbons (Fsp3) is 0.625. The van der Waals surface area contributed by atoms with E-state index in [9.17, 15) is 4.39 Å². The zero-order valence-corrected chi connectivity index (χ0v) is 14.1. The van der Waals surface area contributed by atoms with Crippen molar-refractivity contribution in [3.8, 4) is 0 Å². The minimum atomic E-state index is -0.166. The quantitative estimate of drug-likeness (QED) is 0.786. The topological polar surface area (TPSA) is 15.3 Å². The zero-order valence-electron chi connectivity index (χ0n) is 13.2. The van der Waals surface area contributed by atoms with Crippen LogP contribution in [0.4, 0.5) is 10.1 Å². The maximum Gasteiger partial charge on any atom is 0.123 e. The van der Waals surface area contributed by atoms with Crippen LogP contribution >= 0.6 is 11.8 Å². The van der Waals surface area contributed by atoms with Gasteiger partial charge in [-0.25, -0.2) is 4.39 Å². The molecule has 0 spiro atoms. The van der Waals surface area contributed by atoms with Crippen LogP contribution in [0.3, 0.4) is 0 Å². The molecule has 1 unspecified atom stereocenters. The van der Waals surface area contributed by atoms with E-state index in [1.807, 2.05) is 17.8 Å². The summed E-state index contributed by atoms with van der Waals surface area (Å²) >= 11 is 1.83. The Morgan fingerprint density at radius 3 is 2.60 bits per heavy atom.